The summed E-state index contributed by atoms with van der Waals surface area (Å²) in [5.41, 5.74) is 0.594. The highest BCUT2D eigenvalue weighted by molar-refractivity contribution is 6.00. The number of ether oxygens (including phenoxy) is 2. The Morgan fingerprint density at radius 2 is 0.955 bits per heavy atom. The molecule has 11 atom stereocenters. The molecular formula is C83H135N13O16. The summed E-state index contributed by atoms with van der Waals surface area (Å²) in [5.74, 6) is -9.63. The lowest BCUT2D eigenvalue weighted by atomic mass is 9.96. The summed E-state index contributed by atoms with van der Waals surface area (Å²) >= 11 is 0. The van der Waals surface area contributed by atoms with Gasteiger partial charge in [0, 0.05) is 88.9 Å². The maximum atomic E-state index is 15.8. The number of nitrogens with zero attached hydrogens (tertiary/aromatic N) is 8. The Kier molecular flexibility index (Phi) is 38.1. The Balaban J connectivity index is 2.02. The summed E-state index contributed by atoms with van der Waals surface area (Å²) < 4.78 is 11.9. The summed E-state index contributed by atoms with van der Waals surface area (Å²) in [7, 11) is 12.9. The van der Waals surface area contributed by atoms with Gasteiger partial charge in [-0.15, -0.1) is 0 Å². The molecule has 2 aliphatic heterocycles. The molecule has 29 heteroatoms. The first-order chi connectivity index (χ1) is 52.3. The van der Waals surface area contributed by atoms with Crippen LogP contribution in [0.5, 0.6) is 5.75 Å². The van der Waals surface area contributed by atoms with Crippen LogP contribution in [-0.4, -0.2) is 283 Å². The second-order valence-electron chi connectivity index (χ2n) is 33.7. The van der Waals surface area contributed by atoms with E-state index in [1.54, 1.807) is 74.2 Å². The fraction of sp³-hybridized carbons (Fsp3) is 0.699. The first-order valence-electron chi connectivity index (χ1n) is 39.9. The van der Waals surface area contributed by atoms with Crippen LogP contribution >= 0.6 is 0 Å². The predicted octanol–water partition coefficient (Wildman–Crippen LogP) is 5.21. The number of benzene rings is 2. The van der Waals surface area contributed by atoms with Gasteiger partial charge in [-0.1, -0.05) is 106 Å². The van der Waals surface area contributed by atoms with Crippen molar-refractivity contribution in [2.24, 2.45) is 29.6 Å². The molecule has 0 bridgehead atoms. The molecule has 29 nitrogen and oxygen atoms in total. The van der Waals surface area contributed by atoms with Gasteiger partial charge < -0.3 is 80.4 Å². The number of aliphatic hydroxyl groups excluding tert-OH is 1. The number of aryl methyl sites for hydroxylation is 1. The zero-order valence-electron chi connectivity index (χ0n) is 71.2. The van der Waals surface area contributed by atoms with Crippen LogP contribution in [0.1, 0.15) is 195 Å². The van der Waals surface area contributed by atoms with Gasteiger partial charge in [0.1, 0.15) is 66.2 Å². The quantitative estimate of drug-likeness (QED) is 0.0934. The molecule has 6 N–H and O–H groups in total. The number of nitrogens with one attached hydrogen (secondary N) is 5. The van der Waals surface area contributed by atoms with Gasteiger partial charge >= 0.3 is 0 Å². The summed E-state index contributed by atoms with van der Waals surface area (Å²) in [4.78, 5) is 205. The smallest absolute Gasteiger partial charge is 0.254 e. The van der Waals surface area contributed by atoms with Crippen LogP contribution < -0.4 is 31.3 Å². The Labute approximate surface area is 665 Å². The van der Waals surface area contributed by atoms with Crippen LogP contribution in [0.25, 0.3) is 0 Å². The van der Waals surface area contributed by atoms with E-state index in [9.17, 15) is 24.3 Å². The highest BCUT2D eigenvalue weighted by Gasteiger charge is 2.45. The topological polar surface area (TPSA) is 347 Å². The molecule has 0 radical (unpaired) electrons. The van der Waals surface area contributed by atoms with Crippen LogP contribution in [0.4, 0.5) is 0 Å². The van der Waals surface area contributed by atoms with Gasteiger partial charge in [0.25, 0.3) is 5.91 Å². The zero-order valence-corrected chi connectivity index (χ0v) is 71.2. The molecule has 0 aliphatic carbocycles. The second kappa shape index (κ2) is 44.6. The normalized spacial score (nSPS) is 24.0. The van der Waals surface area contributed by atoms with E-state index in [2.05, 4.69) is 26.6 Å². The van der Waals surface area contributed by atoms with Crippen molar-refractivity contribution in [2.45, 2.75) is 259 Å². The molecule has 0 saturated carbocycles. The number of aliphatic hydroxyl groups is 1. The van der Waals surface area contributed by atoms with Crippen molar-refractivity contribution in [2.75, 3.05) is 89.7 Å². The molecule has 0 aromatic heterocycles. The SMILES string of the molecule is CNC(=O)c1ccc(CC[C@@H]2NC(=O)[C@H](CC(C)C)N(C)C(=O)CCCN(C)C(=O)C[C@@H](C(=O)N3CCCCC3)NC(=O)[C@H](CC(C)C)N(C)C(=O)[C@H](CC(C)C)N(C)C(=O)[C@H]([C@@H](C)O)NC(=O)[C@H](CC(C)C)N(C)C(=O)[C@H](COC(C)(C)C)NC(=O)[C@H](Cc3ccccc3)N(C)C(=O)C(CC(C)C)N(C)C2=O)cc1OC. The lowest BCUT2D eigenvalue weighted by molar-refractivity contribution is -0.152. The number of piperidine rings is 1. The van der Waals surface area contributed by atoms with Crippen molar-refractivity contribution in [3.05, 3.63) is 65.2 Å². The van der Waals surface area contributed by atoms with E-state index in [0.717, 1.165) is 16.2 Å². The van der Waals surface area contributed by atoms with Gasteiger partial charge in [0.2, 0.25) is 70.9 Å². The van der Waals surface area contributed by atoms with E-state index in [0.29, 0.717) is 37.1 Å². The first-order valence-corrected chi connectivity index (χ1v) is 39.9. The van der Waals surface area contributed by atoms with Crippen LogP contribution in [-0.2, 0) is 75.1 Å². The number of carbonyl (C=O) groups excluding carboxylic acids is 13. The lowest BCUT2D eigenvalue weighted by Crippen LogP contribution is -2.63. The molecule has 2 aliphatic rings. The number of hydrogen-bond acceptors (Lipinski definition) is 16. The molecule has 1 unspecified atom stereocenters. The molecule has 2 heterocycles. The third-order valence-electron chi connectivity index (χ3n) is 20.9. The number of likely N-dealkylation sites (tertiary alicyclic amines) is 1. The molecule has 2 saturated heterocycles. The maximum Gasteiger partial charge on any atom is 0.254 e. The number of likely N-dealkylation sites (N-methyl/N-ethyl adjacent to an activating group) is 6. The van der Waals surface area contributed by atoms with Gasteiger partial charge in [-0.25, -0.2) is 0 Å². The molecule has 628 valence electrons. The minimum Gasteiger partial charge on any atom is -0.496 e. The largest absolute Gasteiger partial charge is 0.496 e. The Hall–Kier alpha value is -8.73. The predicted molar refractivity (Wildman–Crippen MR) is 429 cm³/mol. The van der Waals surface area contributed by atoms with E-state index in [1.165, 1.54) is 94.9 Å². The average molecular weight is 1570 g/mol. The van der Waals surface area contributed by atoms with Gasteiger partial charge in [-0.3, -0.25) is 62.3 Å². The number of methoxy groups -OCH3 is 1. The summed E-state index contributed by atoms with van der Waals surface area (Å²) in [6.07, 6.45) is 0.415. The number of amides is 13. The Morgan fingerprint density at radius 1 is 0.509 bits per heavy atom. The fourth-order valence-corrected chi connectivity index (χ4v) is 14.1. The minimum absolute atomic E-state index is 0.00254. The van der Waals surface area contributed by atoms with Crippen LogP contribution in [0, 0.1) is 29.6 Å². The molecule has 2 aromatic carbocycles. The third-order valence-corrected chi connectivity index (χ3v) is 20.9. The average Bonchev–Trinajstić information content (AvgIpc) is 0.812. The molecule has 13 amide bonds. The lowest BCUT2D eigenvalue weighted by Gasteiger charge is -2.38. The Bertz CT molecular complexity index is 3500. The van der Waals surface area contributed by atoms with Crippen molar-refractivity contribution in [1.29, 1.82) is 0 Å². The standard InChI is InChI=1S/C83H135N13O16/c1-50(2)41-62-73(101)85-59(37-35-57-34-36-58(72(100)84-15)68(47-57)111-23)77(105)94(21)66(44-53(7)8)80(108)93(20)65(46-56-31-26-24-27-32-56)75(103)87-61(49-112-83(12,13)14)78(106)91(18)64(43-52(5)6)76(104)88-71(55(11)97)82(110)95(22)67(45-54(9)10)81(109)92(19)63(42-51(3)4)74(102)86-60(79(107)96-39-28-25-29-40-96)48-70(99)89(16)38-30-33-69(98)90(62)17/h24,26-27,31-32,34,36,47,50-55,59-67,71,97H,25,28-30,33,35,37-46,48-49H2,1-23H3,(H,84,100)(H,85,101)(H,86,102)(H,87,103)(H,88,104)/t55-,59+,60+,61+,62+,63+,64+,65+,66?,67+,71+/m1/s1. The van der Waals surface area contributed by atoms with Gasteiger partial charge in [0.15, 0.2) is 0 Å². The zero-order chi connectivity index (χ0) is 84.5. The highest BCUT2D eigenvalue weighted by atomic mass is 16.5. The van der Waals surface area contributed by atoms with E-state index in [4.69, 9.17) is 9.47 Å². The second-order valence-corrected chi connectivity index (χ2v) is 33.7. The molecule has 4 rings (SSSR count). The number of rotatable bonds is 21. The van der Waals surface area contributed by atoms with Crippen LogP contribution in [0.3, 0.4) is 0 Å². The van der Waals surface area contributed by atoms with Gasteiger partial charge in [0.05, 0.1) is 37.4 Å². The number of hydrogen-bond donors (Lipinski definition) is 6. The summed E-state index contributed by atoms with van der Waals surface area (Å²) in [5, 5.41) is 25.6. The van der Waals surface area contributed by atoms with Gasteiger partial charge in [-0.05, 0) is 151 Å². The van der Waals surface area contributed by atoms with E-state index in [1.807, 2.05) is 69.2 Å². The van der Waals surface area contributed by atoms with Crippen molar-refractivity contribution in [1.82, 2.24) is 65.8 Å². The molecule has 2 fully saturated rings. The minimum atomic E-state index is -1.72. The van der Waals surface area contributed by atoms with Gasteiger partial charge in [-0.2, -0.15) is 0 Å². The third kappa shape index (κ3) is 28.4. The Morgan fingerprint density at radius 3 is 1.46 bits per heavy atom. The highest BCUT2D eigenvalue weighted by Crippen LogP contribution is 2.27. The summed E-state index contributed by atoms with van der Waals surface area (Å²) in [6.45, 7) is 25.4. The fourth-order valence-electron chi connectivity index (χ4n) is 14.1. The van der Waals surface area contributed by atoms with E-state index < -0.39 is 162 Å². The number of carbonyl (C=O) groups is 13. The van der Waals surface area contributed by atoms with Crippen molar-refractivity contribution >= 4 is 76.8 Å². The molecule has 112 heavy (non-hydrogen) atoms. The molecule has 2 aromatic rings. The summed E-state index contributed by atoms with van der Waals surface area (Å²) in [6, 6.07) is -0.00471. The van der Waals surface area contributed by atoms with Crippen LogP contribution in [0.2, 0.25) is 0 Å². The van der Waals surface area contributed by atoms with Crippen molar-refractivity contribution < 1.29 is 76.9 Å². The molecule has 0 spiro atoms. The first kappa shape index (κ1) is 95.6. The van der Waals surface area contributed by atoms with Crippen molar-refractivity contribution in [3.8, 4) is 5.75 Å². The van der Waals surface area contributed by atoms with Crippen LogP contribution in [0.15, 0.2) is 48.5 Å². The maximum absolute atomic E-state index is 15.8. The van der Waals surface area contributed by atoms with E-state index in [-0.39, 0.29) is 112 Å². The van der Waals surface area contributed by atoms with Crippen molar-refractivity contribution in [3.63, 3.8) is 0 Å². The molecular weight excluding hydrogens is 1430 g/mol. The monoisotopic (exact) mass is 1570 g/mol. The van der Waals surface area contributed by atoms with E-state index >= 15 is 43.2 Å².